The Labute approximate surface area is 119 Å². The molecular weight excluding hydrogens is 279 g/mol. The predicted molar refractivity (Wildman–Crippen MR) is 70.8 cm³/mol. The molecule has 1 saturated carbocycles. The van der Waals surface area contributed by atoms with E-state index in [9.17, 15) is 13.2 Å². The fourth-order valence-electron chi connectivity index (χ4n) is 2.90. The maximum Gasteiger partial charge on any atom is 0.196 e. The number of rotatable bonds is 2. The van der Waals surface area contributed by atoms with Gasteiger partial charge in [0, 0.05) is 31.1 Å². The van der Waals surface area contributed by atoms with Gasteiger partial charge in [0.2, 0.25) is 0 Å². The molecule has 1 aromatic heterocycles. The van der Waals surface area contributed by atoms with E-state index in [2.05, 4.69) is 10.3 Å². The van der Waals surface area contributed by atoms with Gasteiger partial charge in [0.15, 0.2) is 17.5 Å². The highest BCUT2D eigenvalue weighted by molar-refractivity contribution is 5.42. The van der Waals surface area contributed by atoms with Crippen LogP contribution in [-0.4, -0.2) is 16.1 Å². The number of aromatic nitrogens is 2. The molecule has 0 saturated heterocycles. The second-order valence-electron chi connectivity index (χ2n) is 5.59. The minimum absolute atomic E-state index is 0.0615. The summed E-state index contributed by atoms with van der Waals surface area (Å²) >= 11 is 0. The lowest BCUT2D eigenvalue weighted by molar-refractivity contribution is 0.443. The summed E-state index contributed by atoms with van der Waals surface area (Å²) in [6.45, 7) is 1.40. The lowest BCUT2D eigenvalue weighted by Crippen LogP contribution is -2.25. The lowest BCUT2D eigenvalue weighted by Gasteiger charge is -2.17. The van der Waals surface area contributed by atoms with E-state index >= 15 is 0 Å². The summed E-state index contributed by atoms with van der Waals surface area (Å²) in [6, 6.07) is 2.27. The summed E-state index contributed by atoms with van der Waals surface area (Å²) in [5, 5.41) is 3.22. The smallest absolute Gasteiger partial charge is 0.196 e. The maximum atomic E-state index is 14.2. The van der Waals surface area contributed by atoms with Crippen LogP contribution in [0.15, 0.2) is 12.1 Å². The topological polar surface area (TPSA) is 29.9 Å². The Hall–Kier alpha value is -1.82. The Morgan fingerprint density at radius 3 is 2.71 bits per heavy atom. The number of halogens is 3. The zero-order valence-corrected chi connectivity index (χ0v) is 11.3. The van der Waals surface area contributed by atoms with Crippen molar-refractivity contribution in [2.24, 2.45) is 0 Å². The summed E-state index contributed by atoms with van der Waals surface area (Å²) in [7, 11) is 0. The van der Waals surface area contributed by atoms with Crippen LogP contribution in [-0.2, 0) is 13.0 Å². The zero-order valence-electron chi connectivity index (χ0n) is 11.3. The monoisotopic (exact) mass is 293 g/mol. The number of hydrogen-bond acceptors (Lipinski definition) is 2. The molecule has 1 aliphatic carbocycles. The fourth-order valence-corrected chi connectivity index (χ4v) is 2.90. The second-order valence-corrected chi connectivity index (χ2v) is 5.59. The third-order valence-corrected chi connectivity index (χ3v) is 4.11. The first-order valence-corrected chi connectivity index (χ1v) is 7.12. The van der Waals surface area contributed by atoms with E-state index in [0.717, 1.165) is 42.7 Å². The highest BCUT2D eigenvalue weighted by Gasteiger charge is 2.33. The van der Waals surface area contributed by atoms with Crippen LogP contribution in [0.4, 0.5) is 13.2 Å². The largest absolute Gasteiger partial charge is 0.311 e. The molecule has 2 aromatic rings. The SMILES string of the molecule is Fc1ccc(-n2c(C3CC3)nc3c2CCNC3)c(F)c1F. The van der Waals surface area contributed by atoms with E-state index in [1.165, 1.54) is 6.07 Å². The van der Waals surface area contributed by atoms with Crippen LogP contribution < -0.4 is 5.32 Å². The molecule has 21 heavy (non-hydrogen) atoms. The van der Waals surface area contributed by atoms with Gasteiger partial charge in [0.25, 0.3) is 0 Å². The van der Waals surface area contributed by atoms with E-state index in [1.54, 1.807) is 4.57 Å². The van der Waals surface area contributed by atoms with Crippen LogP contribution in [0.5, 0.6) is 0 Å². The van der Waals surface area contributed by atoms with Crippen molar-refractivity contribution in [3.05, 3.63) is 46.8 Å². The first kappa shape index (κ1) is 12.9. The molecule has 2 aliphatic rings. The lowest BCUT2D eigenvalue weighted by atomic mass is 10.1. The van der Waals surface area contributed by atoms with Gasteiger partial charge >= 0.3 is 0 Å². The van der Waals surface area contributed by atoms with Crippen LogP contribution in [0, 0.1) is 17.5 Å². The van der Waals surface area contributed by atoms with Crippen LogP contribution in [0.2, 0.25) is 0 Å². The normalized spacial score (nSPS) is 17.9. The van der Waals surface area contributed by atoms with Crippen LogP contribution >= 0.6 is 0 Å². The van der Waals surface area contributed by atoms with Crippen molar-refractivity contribution in [3.8, 4) is 5.69 Å². The van der Waals surface area contributed by atoms with Crippen molar-refractivity contribution in [2.75, 3.05) is 6.54 Å². The Morgan fingerprint density at radius 1 is 1.14 bits per heavy atom. The van der Waals surface area contributed by atoms with Crippen molar-refractivity contribution in [2.45, 2.75) is 31.7 Å². The molecule has 1 fully saturated rings. The quantitative estimate of drug-likeness (QED) is 0.863. The summed E-state index contributed by atoms with van der Waals surface area (Å²) in [6.07, 6.45) is 2.72. The van der Waals surface area contributed by atoms with E-state index in [0.29, 0.717) is 18.9 Å². The number of benzene rings is 1. The molecule has 0 atom stereocenters. The van der Waals surface area contributed by atoms with Gasteiger partial charge in [-0.2, -0.15) is 0 Å². The standard InChI is InChI=1S/C15H14F3N3/c16-9-3-4-12(14(18)13(9)17)21-11-5-6-19-7-10(11)20-15(21)8-1-2-8/h3-4,8,19H,1-2,5-7H2. The molecule has 2 heterocycles. The minimum Gasteiger partial charge on any atom is -0.311 e. The highest BCUT2D eigenvalue weighted by atomic mass is 19.2. The van der Waals surface area contributed by atoms with E-state index in [-0.39, 0.29) is 5.69 Å². The van der Waals surface area contributed by atoms with E-state index in [4.69, 9.17) is 0 Å². The van der Waals surface area contributed by atoms with Crippen LogP contribution in [0.1, 0.15) is 36.0 Å². The summed E-state index contributed by atoms with van der Waals surface area (Å²) < 4.78 is 42.6. The highest BCUT2D eigenvalue weighted by Crippen LogP contribution is 2.42. The van der Waals surface area contributed by atoms with Crippen molar-refractivity contribution in [1.29, 1.82) is 0 Å². The van der Waals surface area contributed by atoms with Crippen molar-refractivity contribution in [1.82, 2.24) is 14.9 Å². The third kappa shape index (κ3) is 1.97. The summed E-state index contributed by atoms with van der Waals surface area (Å²) in [5.41, 5.74) is 1.85. The van der Waals surface area contributed by atoms with Gasteiger partial charge in [-0.1, -0.05) is 0 Å². The van der Waals surface area contributed by atoms with Gasteiger partial charge < -0.3 is 5.32 Å². The number of hydrogen-bond donors (Lipinski definition) is 1. The molecule has 4 rings (SSSR count). The number of fused-ring (bicyclic) bond motifs is 1. The average Bonchev–Trinajstić information content (AvgIpc) is 3.27. The molecule has 110 valence electrons. The van der Waals surface area contributed by atoms with Gasteiger partial charge in [0.05, 0.1) is 11.4 Å². The first-order valence-electron chi connectivity index (χ1n) is 7.12. The van der Waals surface area contributed by atoms with Crippen molar-refractivity contribution in [3.63, 3.8) is 0 Å². The summed E-state index contributed by atoms with van der Waals surface area (Å²) in [4.78, 5) is 4.60. The Bertz CT molecular complexity index is 719. The van der Waals surface area contributed by atoms with E-state index < -0.39 is 17.5 Å². The van der Waals surface area contributed by atoms with Gasteiger partial charge in [0.1, 0.15) is 5.82 Å². The Morgan fingerprint density at radius 2 is 1.95 bits per heavy atom. The Kier molecular flexibility index (Phi) is 2.82. The van der Waals surface area contributed by atoms with Crippen molar-refractivity contribution >= 4 is 0 Å². The molecule has 0 amide bonds. The minimum atomic E-state index is -1.43. The van der Waals surface area contributed by atoms with Gasteiger partial charge in [-0.25, -0.2) is 18.2 Å². The molecule has 1 aromatic carbocycles. The van der Waals surface area contributed by atoms with Crippen LogP contribution in [0.3, 0.4) is 0 Å². The Balaban J connectivity index is 1.95. The molecule has 0 radical (unpaired) electrons. The third-order valence-electron chi connectivity index (χ3n) is 4.11. The van der Waals surface area contributed by atoms with Crippen molar-refractivity contribution < 1.29 is 13.2 Å². The maximum absolute atomic E-state index is 14.2. The van der Waals surface area contributed by atoms with Gasteiger partial charge in [-0.15, -0.1) is 0 Å². The molecule has 1 N–H and O–H groups in total. The van der Waals surface area contributed by atoms with E-state index in [1.807, 2.05) is 0 Å². The van der Waals surface area contributed by atoms with Gasteiger partial charge in [-0.05, 0) is 25.0 Å². The number of nitrogens with zero attached hydrogens (tertiary/aromatic N) is 2. The second kappa shape index (κ2) is 4.59. The molecule has 6 heteroatoms. The first-order chi connectivity index (χ1) is 10.2. The molecule has 3 nitrogen and oxygen atoms in total. The fraction of sp³-hybridized carbons (Fsp3) is 0.400. The summed E-state index contributed by atoms with van der Waals surface area (Å²) in [5.74, 6) is -2.67. The molecule has 1 aliphatic heterocycles. The molecule has 0 unspecified atom stereocenters. The zero-order chi connectivity index (χ0) is 14.6. The molecular formula is C15H14F3N3. The van der Waals surface area contributed by atoms with Crippen LogP contribution in [0.25, 0.3) is 5.69 Å². The predicted octanol–water partition coefficient (Wildman–Crippen LogP) is 2.81. The average molecular weight is 293 g/mol. The molecule has 0 bridgehead atoms. The molecule has 0 spiro atoms. The van der Waals surface area contributed by atoms with Gasteiger partial charge in [-0.3, -0.25) is 4.57 Å². The number of nitrogens with one attached hydrogen (secondary N) is 1. The number of imidazole rings is 1.